The van der Waals surface area contributed by atoms with Crippen molar-refractivity contribution in [3.63, 3.8) is 0 Å². The molecule has 4 unspecified atom stereocenters. The van der Waals surface area contributed by atoms with Gasteiger partial charge in [0.05, 0.1) is 0 Å². The van der Waals surface area contributed by atoms with E-state index < -0.39 is 0 Å². The van der Waals surface area contributed by atoms with E-state index in [2.05, 4.69) is 68.0 Å². The Kier molecular flexibility index (Phi) is 27.7. The van der Waals surface area contributed by atoms with Gasteiger partial charge in [0.15, 0.2) is 0 Å². The Morgan fingerprint density at radius 3 is 1.56 bits per heavy atom. The van der Waals surface area contributed by atoms with Crippen molar-refractivity contribution in [2.24, 2.45) is 41.4 Å². The van der Waals surface area contributed by atoms with Crippen molar-refractivity contribution in [3.8, 4) is 0 Å². The summed E-state index contributed by atoms with van der Waals surface area (Å²) in [4.78, 5) is 0. The number of rotatable bonds is 5. The Morgan fingerprint density at radius 1 is 0.781 bits per heavy atom. The minimum Gasteiger partial charge on any atom is -0.176 e. The fraction of sp³-hybridized carbons (Fsp3) is 0.935. The molecular weight excluding hydrogens is 404 g/mol. The summed E-state index contributed by atoms with van der Waals surface area (Å²) in [5.74, 6) is 6.26. The molecule has 196 valence electrons. The SMILES string of the molecule is C=CC1CCC(C)CC1.CC.CC.CCC(C)C.CCC(CC)C1CC(C)CC(S)C1C. The van der Waals surface area contributed by atoms with E-state index in [1.54, 1.807) is 0 Å². The van der Waals surface area contributed by atoms with Crippen molar-refractivity contribution in [1.29, 1.82) is 0 Å². The second-order valence-electron chi connectivity index (χ2n) is 10.3. The van der Waals surface area contributed by atoms with Crippen LogP contribution in [0.4, 0.5) is 0 Å². The lowest BCUT2D eigenvalue weighted by atomic mass is 9.68. The van der Waals surface area contributed by atoms with Gasteiger partial charge in [-0.15, -0.1) is 6.58 Å². The van der Waals surface area contributed by atoms with Gasteiger partial charge >= 0.3 is 0 Å². The molecule has 0 aromatic carbocycles. The topological polar surface area (TPSA) is 0 Å². The first-order chi connectivity index (χ1) is 15.2. The maximum absolute atomic E-state index is 4.75. The van der Waals surface area contributed by atoms with Crippen LogP contribution >= 0.6 is 12.6 Å². The van der Waals surface area contributed by atoms with Crippen LogP contribution in [0.25, 0.3) is 0 Å². The second kappa shape index (κ2) is 24.2. The number of hydrogen-bond donors (Lipinski definition) is 1. The average molecular weight is 471 g/mol. The van der Waals surface area contributed by atoms with E-state index >= 15 is 0 Å². The van der Waals surface area contributed by atoms with Crippen LogP contribution in [0.1, 0.15) is 141 Å². The standard InChI is InChI=1S/C13H26S.C9H16.C5H12.2C2H6/c1-5-11(6-2)12-7-9(3)8-13(14)10(12)4;1-3-9-6-4-8(2)5-7-9;1-4-5(2)3;2*1-2/h9-14H,5-8H2,1-4H3;3,8-9H,1,4-7H2,2H3;5H,4H2,1-3H3;2*1-2H3. The molecule has 0 spiro atoms. The molecule has 2 rings (SSSR count). The molecule has 32 heavy (non-hydrogen) atoms. The number of thiol groups is 1. The van der Waals surface area contributed by atoms with Gasteiger partial charge in [0.1, 0.15) is 0 Å². The molecule has 1 heteroatoms. The van der Waals surface area contributed by atoms with Gasteiger partial charge in [-0.2, -0.15) is 12.6 Å². The Balaban J connectivity index is -0.000000401. The van der Waals surface area contributed by atoms with Gasteiger partial charge in [-0.1, -0.05) is 121 Å². The zero-order valence-electron chi connectivity index (χ0n) is 24.7. The summed E-state index contributed by atoms with van der Waals surface area (Å²) < 4.78 is 0. The molecular formula is C31H66S. The van der Waals surface area contributed by atoms with Gasteiger partial charge in [-0.05, 0) is 67.1 Å². The molecule has 0 N–H and O–H groups in total. The van der Waals surface area contributed by atoms with Crippen molar-refractivity contribution >= 4 is 12.6 Å². The smallest absolute Gasteiger partial charge is 0.00477 e. The molecule has 2 fully saturated rings. The normalized spacial score (nSPS) is 29.1. The highest BCUT2D eigenvalue weighted by atomic mass is 32.1. The third-order valence-electron chi connectivity index (χ3n) is 7.47. The van der Waals surface area contributed by atoms with Gasteiger partial charge in [-0.3, -0.25) is 0 Å². The molecule has 0 amide bonds. The number of hydrogen-bond acceptors (Lipinski definition) is 1. The zero-order valence-corrected chi connectivity index (χ0v) is 25.6. The van der Waals surface area contributed by atoms with E-state index in [0.29, 0.717) is 5.25 Å². The molecule has 0 saturated heterocycles. The zero-order chi connectivity index (χ0) is 25.7. The highest BCUT2D eigenvalue weighted by Crippen LogP contribution is 2.42. The summed E-state index contributed by atoms with van der Waals surface area (Å²) in [6, 6.07) is 0. The van der Waals surface area contributed by atoms with E-state index in [1.807, 2.05) is 27.7 Å². The van der Waals surface area contributed by atoms with E-state index in [4.69, 9.17) is 12.6 Å². The molecule has 0 bridgehead atoms. The molecule has 0 radical (unpaired) electrons. The summed E-state index contributed by atoms with van der Waals surface area (Å²) in [6.45, 7) is 30.3. The molecule has 0 aliphatic heterocycles. The maximum atomic E-state index is 4.75. The van der Waals surface area contributed by atoms with Gasteiger partial charge < -0.3 is 0 Å². The van der Waals surface area contributed by atoms with Crippen molar-refractivity contribution in [2.45, 2.75) is 146 Å². The van der Waals surface area contributed by atoms with Crippen molar-refractivity contribution in [2.75, 3.05) is 0 Å². The lowest BCUT2D eigenvalue weighted by Crippen LogP contribution is -2.35. The van der Waals surface area contributed by atoms with Crippen molar-refractivity contribution in [1.82, 2.24) is 0 Å². The maximum Gasteiger partial charge on any atom is 0.00477 e. The summed E-state index contributed by atoms with van der Waals surface area (Å²) in [7, 11) is 0. The number of allylic oxidation sites excluding steroid dienone is 1. The summed E-state index contributed by atoms with van der Waals surface area (Å²) >= 11 is 4.75. The third kappa shape index (κ3) is 17.6. The summed E-state index contributed by atoms with van der Waals surface area (Å²) in [5, 5.41) is 0.643. The lowest BCUT2D eigenvalue weighted by Gasteiger charge is -2.41. The molecule has 0 aromatic rings. The Hall–Kier alpha value is 0.0900. The van der Waals surface area contributed by atoms with Crippen molar-refractivity contribution < 1.29 is 0 Å². The first-order valence-corrected chi connectivity index (χ1v) is 15.0. The van der Waals surface area contributed by atoms with Crippen LogP contribution < -0.4 is 0 Å². The molecule has 2 saturated carbocycles. The fourth-order valence-corrected chi connectivity index (χ4v) is 5.31. The van der Waals surface area contributed by atoms with E-state index in [0.717, 1.165) is 41.4 Å². The summed E-state index contributed by atoms with van der Waals surface area (Å²) in [5.41, 5.74) is 0. The van der Waals surface area contributed by atoms with Crippen LogP contribution in [-0.4, -0.2) is 5.25 Å². The molecule has 0 heterocycles. The molecule has 4 atom stereocenters. The second-order valence-corrected chi connectivity index (χ2v) is 11.0. The van der Waals surface area contributed by atoms with Crippen LogP contribution in [0.2, 0.25) is 0 Å². The predicted molar refractivity (Wildman–Crippen MR) is 157 cm³/mol. The minimum atomic E-state index is 0.643. The molecule has 2 aliphatic rings. The highest BCUT2D eigenvalue weighted by Gasteiger charge is 2.34. The van der Waals surface area contributed by atoms with Crippen LogP contribution in [-0.2, 0) is 0 Å². The minimum absolute atomic E-state index is 0.643. The van der Waals surface area contributed by atoms with Gasteiger partial charge in [-0.25, -0.2) is 0 Å². The van der Waals surface area contributed by atoms with Gasteiger partial charge in [0, 0.05) is 5.25 Å². The van der Waals surface area contributed by atoms with Crippen LogP contribution in [0.15, 0.2) is 12.7 Å². The molecule has 2 aliphatic carbocycles. The Morgan fingerprint density at radius 2 is 1.22 bits per heavy atom. The van der Waals surface area contributed by atoms with Crippen LogP contribution in [0, 0.1) is 41.4 Å². The third-order valence-corrected chi connectivity index (χ3v) is 8.15. The van der Waals surface area contributed by atoms with Crippen molar-refractivity contribution in [3.05, 3.63) is 12.7 Å². The van der Waals surface area contributed by atoms with E-state index in [1.165, 1.54) is 57.8 Å². The predicted octanol–water partition coefficient (Wildman–Crippen LogP) is 11.5. The Bertz CT molecular complexity index is 361. The lowest BCUT2D eigenvalue weighted by molar-refractivity contribution is 0.138. The van der Waals surface area contributed by atoms with Crippen LogP contribution in [0.3, 0.4) is 0 Å². The van der Waals surface area contributed by atoms with E-state index in [-0.39, 0.29) is 0 Å². The molecule has 0 nitrogen and oxygen atoms in total. The fourth-order valence-electron chi connectivity index (χ4n) is 4.73. The Labute approximate surface area is 212 Å². The average Bonchev–Trinajstić information content (AvgIpc) is 2.81. The van der Waals surface area contributed by atoms with E-state index in [9.17, 15) is 0 Å². The first-order valence-electron chi connectivity index (χ1n) is 14.5. The first kappa shape index (κ1) is 36.7. The quantitative estimate of drug-likeness (QED) is 0.299. The largest absolute Gasteiger partial charge is 0.176 e. The summed E-state index contributed by atoms with van der Waals surface area (Å²) in [6.07, 6.45) is 14.5. The highest BCUT2D eigenvalue weighted by molar-refractivity contribution is 7.81. The van der Waals surface area contributed by atoms with Gasteiger partial charge in [0.25, 0.3) is 0 Å². The molecule has 0 aromatic heterocycles. The van der Waals surface area contributed by atoms with Crippen LogP contribution in [0.5, 0.6) is 0 Å². The monoisotopic (exact) mass is 470 g/mol. The van der Waals surface area contributed by atoms with Gasteiger partial charge in [0.2, 0.25) is 0 Å².